The lowest BCUT2D eigenvalue weighted by Crippen LogP contribution is -2.66. The second-order valence-electron chi connectivity index (χ2n) is 9.39. The number of hydrogen-bond donors (Lipinski definition) is 3. The number of aliphatic hydroxyl groups excluding tert-OH is 3. The summed E-state index contributed by atoms with van der Waals surface area (Å²) in [5, 5.41) is 29.4. The van der Waals surface area contributed by atoms with Gasteiger partial charge in [-0.25, -0.2) is 4.79 Å². The molecule has 2 aliphatic heterocycles. The van der Waals surface area contributed by atoms with E-state index < -0.39 is 40.7 Å². The zero-order chi connectivity index (χ0) is 21.7. The number of allylic oxidation sites excluding steroid dienone is 3. The lowest BCUT2D eigenvalue weighted by Gasteiger charge is -2.58. The van der Waals surface area contributed by atoms with E-state index in [-0.39, 0.29) is 18.8 Å². The summed E-state index contributed by atoms with van der Waals surface area (Å²) in [6, 6.07) is 0. The van der Waals surface area contributed by atoms with Crippen LogP contribution >= 0.6 is 0 Å². The largest absolute Gasteiger partial charge is 0.458 e. The number of ether oxygens (including phenoxy) is 3. The highest BCUT2D eigenvalue weighted by Gasteiger charge is 2.82. The van der Waals surface area contributed by atoms with Crippen LogP contribution in [0.2, 0.25) is 0 Å². The molecule has 0 amide bonds. The lowest BCUT2D eigenvalue weighted by molar-refractivity contribution is -0.228. The molecule has 4 rings (SSSR count). The number of epoxide rings is 1. The molecular weight excluding hydrogens is 388 g/mol. The Bertz CT molecular complexity index is 780. The van der Waals surface area contributed by atoms with Crippen LogP contribution in [0.25, 0.3) is 0 Å². The second-order valence-corrected chi connectivity index (χ2v) is 9.39. The maximum Gasteiger partial charge on any atom is 0.331 e. The van der Waals surface area contributed by atoms with E-state index in [1.807, 2.05) is 0 Å². The van der Waals surface area contributed by atoms with Crippen molar-refractivity contribution >= 4 is 5.97 Å². The molecule has 0 aromatic carbocycles. The molecule has 0 radical (unpaired) electrons. The summed E-state index contributed by atoms with van der Waals surface area (Å²) in [6.07, 6.45) is 7.27. The maximum atomic E-state index is 12.5. The van der Waals surface area contributed by atoms with Gasteiger partial charge in [-0.15, -0.1) is 0 Å². The van der Waals surface area contributed by atoms with Crippen molar-refractivity contribution in [2.24, 2.45) is 10.8 Å². The molecule has 7 heteroatoms. The van der Waals surface area contributed by atoms with E-state index in [9.17, 15) is 20.1 Å². The maximum absolute atomic E-state index is 12.5. The molecule has 166 valence electrons. The molecule has 0 aromatic rings. The summed E-state index contributed by atoms with van der Waals surface area (Å²) in [6.45, 7) is 6.14. The summed E-state index contributed by atoms with van der Waals surface area (Å²) in [7, 11) is 0. The Morgan fingerprint density at radius 2 is 2.13 bits per heavy atom. The van der Waals surface area contributed by atoms with Crippen molar-refractivity contribution in [2.45, 2.75) is 76.2 Å². The van der Waals surface area contributed by atoms with Crippen LogP contribution in [0, 0.1) is 10.8 Å². The zero-order valence-corrected chi connectivity index (χ0v) is 17.8. The summed E-state index contributed by atoms with van der Waals surface area (Å²) in [5.74, 6) is -0.493. The van der Waals surface area contributed by atoms with E-state index in [0.29, 0.717) is 13.0 Å². The van der Waals surface area contributed by atoms with Crippen LogP contribution in [0.3, 0.4) is 0 Å². The zero-order valence-electron chi connectivity index (χ0n) is 17.8. The Hall–Kier alpha value is -1.51. The molecule has 0 unspecified atom stereocenters. The number of aliphatic hydroxyl groups is 3. The highest BCUT2D eigenvalue weighted by Crippen LogP contribution is 2.71. The molecule has 7 nitrogen and oxygen atoms in total. The Morgan fingerprint density at radius 1 is 1.40 bits per heavy atom. The van der Waals surface area contributed by atoms with Crippen molar-refractivity contribution in [3.8, 4) is 0 Å². The summed E-state index contributed by atoms with van der Waals surface area (Å²) in [4.78, 5) is 12.5. The average Bonchev–Trinajstić information content (AvgIpc) is 3.48. The lowest BCUT2D eigenvalue weighted by atomic mass is 9.51. The van der Waals surface area contributed by atoms with Gasteiger partial charge in [0.25, 0.3) is 0 Å². The molecule has 2 bridgehead atoms. The number of carbonyl (C=O) groups is 1. The monoisotopic (exact) mass is 420 g/mol. The van der Waals surface area contributed by atoms with Crippen molar-refractivity contribution in [3.63, 3.8) is 0 Å². The molecular formula is C23H32O7. The predicted molar refractivity (Wildman–Crippen MR) is 108 cm³/mol. The number of carbonyl (C=O) groups excluding carboxylic acids is 1. The fourth-order valence-corrected chi connectivity index (χ4v) is 5.82. The van der Waals surface area contributed by atoms with Gasteiger partial charge in [-0.05, 0) is 26.7 Å². The Labute approximate surface area is 177 Å². The van der Waals surface area contributed by atoms with Crippen LogP contribution in [0.15, 0.2) is 36.0 Å². The van der Waals surface area contributed by atoms with Crippen LogP contribution in [0.1, 0.15) is 40.0 Å². The average molecular weight is 421 g/mol. The molecule has 8 atom stereocenters. The van der Waals surface area contributed by atoms with Crippen molar-refractivity contribution in [1.29, 1.82) is 0 Å². The Morgan fingerprint density at radius 3 is 2.77 bits per heavy atom. The van der Waals surface area contributed by atoms with Crippen LogP contribution < -0.4 is 0 Å². The van der Waals surface area contributed by atoms with Crippen LogP contribution in [0.5, 0.6) is 0 Å². The van der Waals surface area contributed by atoms with E-state index in [1.54, 1.807) is 0 Å². The number of esters is 1. The third-order valence-electron chi connectivity index (χ3n) is 7.90. The summed E-state index contributed by atoms with van der Waals surface area (Å²) < 4.78 is 18.3. The van der Waals surface area contributed by atoms with E-state index in [0.717, 1.165) is 12.8 Å². The van der Waals surface area contributed by atoms with E-state index in [2.05, 4.69) is 19.9 Å². The Kier molecular flexibility index (Phi) is 5.48. The molecule has 1 spiro atoms. The number of rotatable bonds is 6. The first-order valence-electron chi connectivity index (χ1n) is 10.7. The molecule has 2 saturated heterocycles. The molecule has 4 aliphatic rings. The van der Waals surface area contributed by atoms with Crippen molar-refractivity contribution in [1.82, 2.24) is 0 Å². The quantitative estimate of drug-likeness (QED) is 0.196. The van der Waals surface area contributed by atoms with Gasteiger partial charge in [0.15, 0.2) is 0 Å². The molecule has 30 heavy (non-hydrogen) atoms. The van der Waals surface area contributed by atoms with E-state index in [4.69, 9.17) is 14.2 Å². The van der Waals surface area contributed by atoms with Gasteiger partial charge in [0.2, 0.25) is 0 Å². The molecule has 1 saturated carbocycles. The van der Waals surface area contributed by atoms with Gasteiger partial charge in [0, 0.05) is 23.3 Å². The normalized spacial score (nSPS) is 44.2. The first kappa shape index (κ1) is 21.7. The molecule has 3 N–H and O–H groups in total. The third kappa shape index (κ3) is 3.02. The predicted octanol–water partition coefficient (Wildman–Crippen LogP) is 1.42. The van der Waals surface area contributed by atoms with Gasteiger partial charge in [-0.2, -0.15) is 0 Å². The number of hydrogen-bond acceptors (Lipinski definition) is 7. The smallest absolute Gasteiger partial charge is 0.331 e. The van der Waals surface area contributed by atoms with Crippen LogP contribution in [0.4, 0.5) is 0 Å². The molecule has 3 fully saturated rings. The van der Waals surface area contributed by atoms with Gasteiger partial charge in [0.1, 0.15) is 11.7 Å². The first-order chi connectivity index (χ1) is 14.2. The van der Waals surface area contributed by atoms with Gasteiger partial charge < -0.3 is 29.5 Å². The van der Waals surface area contributed by atoms with Gasteiger partial charge in [-0.1, -0.05) is 36.8 Å². The van der Waals surface area contributed by atoms with E-state index in [1.165, 1.54) is 36.8 Å². The van der Waals surface area contributed by atoms with Crippen LogP contribution in [-0.4, -0.2) is 70.6 Å². The van der Waals surface area contributed by atoms with Crippen molar-refractivity contribution in [3.05, 3.63) is 36.0 Å². The minimum atomic E-state index is -0.994. The second kappa shape index (κ2) is 7.57. The fraction of sp³-hybridized carbons (Fsp3) is 0.696. The van der Waals surface area contributed by atoms with E-state index >= 15 is 0 Å². The third-order valence-corrected chi connectivity index (χ3v) is 7.90. The summed E-state index contributed by atoms with van der Waals surface area (Å²) in [5.41, 5.74) is -0.378. The fourth-order valence-electron chi connectivity index (χ4n) is 5.82. The van der Waals surface area contributed by atoms with Crippen molar-refractivity contribution < 1.29 is 34.3 Å². The standard InChI is InChI=1S/C23H32O7/c1-14-8-9-22(12-24)18(10-14)29-19-11-17(21(22,3)23(19)13-28-23)30-20(27)7-5-4-6-16(26)15(2)25/h4-7,10,15-19,24-26H,8-9,11-13H2,1-3H3/b6-4+,7-5-/t15-,16-,17+,18+,19+,21-,22+,23-/m0/s1. The molecule has 2 heterocycles. The first-order valence-corrected chi connectivity index (χ1v) is 10.7. The number of fused-ring (bicyclic) bond motifs is 2. The Balaban J connectivity index is 1.55. The molecule has 2 aliphatic carbocycles. The topological polar surface area (TPSA) is 109 Å². The minimum absolute atomic E-state index is 0.0559. The van der Waals surface area contributed by atoms with Gasteiger partial charge in [-0.3, -0.25) is 0 Å². The van der Waals surface area contributed by atoms with Crippen molar-refractivity contribution in [2.75, 3.05) is 13.2 Å². The SMILES string of the molecule is CC1=C[C@H]2O[C@@H]3C[C@@H](OC(=O)/C=C\C=C\[C@H](O)[C@H](C)O)[C@@](C)([C@@]2(CO)CC1)[C@]31CO1. The highest BCUT2D eigenvalue weighted by atomic mass is 16.6. The summed E-state index contributed by atoms with van der Waals surface area (Å²) >= 11 is 0. The van der Waals surface area contributed by atoms with Gasteiger partial charge in [0.05, 0.1) is 37.6 Å². The van der Waals surface area contributed by atoms with Crippen LogP contribution in [-0.2, 0) is 19.0 Å². The minimum Gasteiger partial charge on any atom is -0.458 e. The highest BCUT2D eigenvalue weighted by molar-refractivity contribution is 5.82. The van der Waals surface area contributed by atoms with Gasteiger partial charge >= 0.3 is 5.97 Å². The molecule has 0 aromatic heterocycles.